The van der Waals surface area contributed by atoms with Gasteiger partial charge in [-0.25, -0.2) is 4.68 Å². The van der Waals surface area contributed by atoms with Gasteiger partial charge in [-0.2, -0.15) is 4.98 Å². The van der Waals surface area contributed by atoms with Crippen LogP contribution < -0.4 is 14.8 Å². The molecule has 0 fully saturated rings. The van der Waals surface area contributed by atoms with Crippen LogP contribution in [0.1, 0.15) is 77.0 Å². The van der Waals surface area contributed by atoms with Crippen LogP contribution in [0.3, 0.4) is 0 Å². The Labute approximate surface area is 259 Å². The predicted molar refractivity (Wildman–Crippen MR) is 168 cm³/mol. The Morgan fingerprint density at radius 3 is 2.73 bits per heavy atom. The minimum atomic E-state index is -0.448. The minimum Gasteiger partial charge on any atom is -0.490 e. The number of rotatable bonds is 11. The maximum atomic E-state index is 13.7. The first kappa shape index (κ1) is 30.0. The molecular formula is C31H36BrClN4O3S. The first-order valence-corrected chi connectivity index (χ1v) is 16.3. The summed E-state index contributed by atoms with van der Waals surface area (Å²) in [5.74, 6) is 2.70. The van der Waals surface area contributed by atoms with E-state index in [2.05, 4.69) is 42.0 Å². The Hall–Kier alpha value is -2.49. The number of anilines is 1. The molecule has 1 aliphatic carbocycles. The van der Waals surface area contributed by atoms with E-state index < -0.39 is 6.04 Å². The van der Waals surface area contributed by atoms with E-state index in [1.807, 2.05) is 48.0 Å². The highest BCUT2D eigenvalue weighted by Crippen LogP contribution is 2.48. The number of hydrogen-bond acceptors (Lipinski definition) is 7. The van der Waals surface area contributed by atoms with Gasteiger partial charge in [0.15, 0.2) is 17.3 Å². The molecule has 0 saturated carbocycles. The van der Waals surface area contributed by atoms with E-state index in [0.717, 1.165) is 57.6 Å². The topological polar surface area (TPSA) is 78.3 Å². The zero-order chi connectivity index (χ0) is 29.1. The Morgan fingerprint density at radius 1 is 1.17 bits per heavy atom. The molecule has 218 valence electrons. The quantitative estimate of drug-likeness (QED) is 0.163. The van der Waals surface area contributed by atoms with Gasteiger partial charge in [0.05, 0.1) is 17.7 Å². The zero-order valence-electron chi connectivity index (χ0n) is 23.9. The summed E-state index contributed by atoms with van der Waals surface area (Å²) in [4.78, 5) is 18.6. The number of Topliss-reactive ketones (excluding diaryl/α,β-unsaturated/α-hetero) is 1. The summed E-state index contributed by atoms with van der Waals surface area (Å²) in [6, 6.07) is 11.3. The van der Waals surface area contributed by atoms with Crippen LogP contribution in [-0.2, 0) is 10.5 Å². The number of ether oxygens (including phenoxy) is 2. The number of benzene rings is 2. The summed E-state index contributed by atoms with van der Waals surface area (Å²) in [6.07, 6.45) is 4.43. The molecule has 0 bridgehead atoms. The van der Waals surface area contributed by atoms with E-state index in [9.17, 15) is 4.79 Å². The molecule has 1 aromatic heterocycles. The van der Waals surface area contributed by atoms with Crippen molar-refractivity contribution in [3.05, 3.63) is 68.3 Å². The molecule has 2 aliphatic rings. The van der Waals surface area contributed by atoms with Crippen LogP contribution in [0.4, 0.5) is 5.95 Å². The van der Waals surface area contributed by atoms with Gasteiger partial charge in [0.25, 0.3) is 0 Å². The van der Waals surface area contributed by atoms with Gasteiger partial charge in [-0.1, -0.05) is 75.2 Å². The highest BCUT2D eigenvalue weighted by Gasteiger charge is 2.42. The third kappa shape index (κ3) is 6.62. The average Bonchev–Trinajstić information content (AvgIpc) is 3.32. The number of allylic oxidation sites excluding steroid dienone is 2. The lowest BCUT2D eigenvalue weighted by atomic mass is 9.73. The van der Waals surface area contributed by atoms with Gasteiger partial charge in [-0.3, -0.25) is 4.79 Å². The van der Waals surface area contributed by atoms with Crippen molar-refractivity contribution in [1.29, 1.82) is 0 Å². The molecule has 7 nitrogen and oxygen atoms in total. The second-order valence-electron chi connectivity index (χ2n) is 11.2. The van der Waals surface area contributed by atoms with Gasteiger partial charge in [0.2, 0.25) is 11.1 Å². The lowest BCUT2D eigenvalue weighted by Crippen LogP contribution is -2.36. The van der Waals surface area contributed by atoms with Crippen molar-refractivity contribution in [2.24, 2.45) is 5.41 Å². The fourth-order valence-corrected chi connectivity index (χ4v) is 7.08. The van der Waals surface area contributed by atoms with E-state index >= 15 is 0 Å². The van der Waals surface area contributed by atoms with Crippen LogP contribution in [0.5, 0.6) is 11.5 Å². The van der Waals surface area contributed by atoms with E-state index in [4.69, 9.17) is 31.2 Å². The van der Waals surface area contributed by atoms with Gasteiger partial charge < -0.3 is 14.8 Å². The van der Waals surface area contributed by atoms with Crippen LogP contribution in [-0.4, -0.2) is 33.8 Å². The van der Waals surface area contributed by atoms with E-state index in [1.54, 1.807) is 0 Å². The Balaban J connectivity index is 1.54. The zero-order valence-corrected chi connectivity index (χ0v) is 27.1. The molecule has 0 spiro atoms. The highest BCUT2D eigenvalue weighted by molar-refractivity contribution is 9.10. The summed E-state index contributed by atoms with van der Waals surface area (Å²) in [5.41, 5.74) is 3.40. The molecule has 1 atom stereocenters. The van der Waals surface area contributed by atoms with E-state index in [1.165, 1.54) is 11.8 Å². The molecular weight excluding hydrogens is 624 g/mol. The second-order valence-corrected chi connectivity index (χ2v) is 13.4. The summed E-state index contributed by atoms with van der Waals surface area (Å²) in [7, 11) is 0. The van der Waals surface area contributed by atoms with Gasteiger partial charge in [0.1, 0.15) is 6.04 Å². The van der Waals surface area contributed by atoms with Crippen molar-refractivity contribution in [3.63, 3.8) is 0 Å². The smallest absolute Gasteiger partial charge is 0.227 e. The fourth-order valence-electron chi connectivity index (χ4n) is 5.39. The largest absolute Gasteiger partial charge is 0.490 e. The number of ketones is 1. The maximum absolute atomic E-state index is 13.7. The number of aromatic nitrogens is 3. The van der Waals surface area contributed by atoms with Crippen molar-refractivity contribution >= 4 is 51.0 Å². The molecule has 1 aliphatic heterocycles. The van der Waals surface area contributed by atoms with Crippen LogP contribution >= 0.6 is 39.3 Å². The van der Waals surface area contributed by atoms with Gasteiger partial charge in [-0.15, -0.1) is 5.10 Å². The molecule has 1 unspecified atom stereocenters. The van der Waals surface area contributed by atoms with Gasteiger partial charge in [0, 0.05) is 28.5 Å². The number of halogens is 2. The molecule has 0 radical (unpaired) electrons. The number of nitrogens with one attached hydrogen (secondary N) is 1. The number of thioether (sulfide) groups is 1. The highest BCUT2D eigenvalue weighted by atomic mass is 79.9. The van der Waals surface area contributed by atoms with Crippen LogP contribution in [0, 0.1) is 5.41 Å². The monoisotopic (exact) mass is 658 g/mol. The lowest BCUT2D eigenvalue weighted by molar-refractivity contribution is -0.118. The average molecular weight is 660 g/mol. The van der Waals surface area contributed by atoms with Crippen molar-refractivity contribution < 1.29 is 14.3 Å². The van der Waals surface area contributed by atoms with Crippen LogP contribution in [0.2, 0.25) is 5.02 Å². The second kappa shape index (κ2) is 12.8. The van der Waals surface area contributed by atoms with E-state index in [0.29, 0.717) is 48.0 Å². The van der Waals surface area contributed by atoms with Crippen molar-refractivity contribution in [2.75, 3.05) is 18.5 Å². The number of unbranched alkanes of at least 4 members (excludes halogenated alkanes) is 2. The summed E-state index contributed by atoms with van der Waals surface area (Å²) < 4.78 is 14.8. The Morgan fingerprint density at radius 2 is 1.98 bits per heavy atom. The predicted octanol–water partition coefficient (Wildman–Crippen LogP) is 8.61. The van der Waals surface area contributed by atoms with E-state index in [-0.39, 0.29) is 11.2 Å². The SMILES string of the molecule is CCCCCOc1c(Br)cc(C2C3=C(CC(C)(C)CC3=O)Nc3nc(SCc4ccccc4Cl)nn32)cc1OCC. The standard InChI is InChI=1S/C31H36BrClN4O3S/c1-5-7-10-13-40-28-21(32)14-20(15-25(28)39-6-2)27-26-23(16-31(3,4)17-24(26)38)34-29-35-30(36-37(27)29)41-18-19-11-8-9-12-22(19)33/h8-9,11-12,14-15,27H,5-7,10,13,16-18H2,1-4H3,(H,34,35,36). The third-order valence-electron chi connectivity index (χ3n) is 7.27. The molecule has 2 heterocycles. The lowest BCUT2D eigenvalue weighted by Gasteiger charge is -2.38. The molecule has 2 aromatic carbocycles. The van der Waals surface area contributed by atoms with Crippen LogP contribution in [0.15, 0.2) is 57.3 Å². The van der Waals surface area contributed by atoms with Gasteiger partial charge in [-0.05, 0) is 70.4 Å². The maximum Gasteiger partial charge on any atom is 0.227 e. The van der Waals surface area contributed by atoms with Gasteiger partial charge >= 0.3 is 0 Å². The number of carbonyl (C=O) groups excluding carboxylic acids is 1. The summed E-state index contributed by atoms with van der Waals surface area (Å²) in [6.45, 7) is 9.49. The molecule has 0 amide bonds. The minimum absolute atomic E-state index is 0.120. The molecule has 1 N–H and O–H groups in total. The van der Waals surface area contributed by atoms with Crippen molar-refractivity contribution in [2.45, 2.75) is 76.8 Å². The molecule has 5 rings (SSSR count). The molecule has 41 heavy (non-hydrogen) atoms. The Kier molecular flexibility index (Phi) is 9.36. The number of nitrogens with zero attached hydrogens (tertiary/aromatic N) is 3. The normalized spacial score (nSPS) is 17.6. The number of carbonyl (C=O) groups is 1. The number of hydrogen-bond donors (Lipinski definition) is 1. The van der Waals surface area contributed by atoms with Crippen molar-refractivity contribution in [3.8, 4) is 11.5 Å². The fraction of sp³-hybridized carbons (Fsp3) is 0.452. The van der Waals surface area contributed by atoms with Crippen molar-refractivity contribution in [1.82, 2.24) is 14.8 Å². The first-order chi connectivity index (χ1) is 19.7. The Bertz CT molecular complexity index is 1470. The summed E-state index contributed by atoms with van der Waals surface area (Å²) in [5, 5.41) is 9.70. The third-order valence-corrected chi connectivity index (χ3v) is 9.11. The molecule has 3 aromatic rings. The van der Waals surface area contributed by atoms with Crippen LogP contribution in [0.25, 0.3) is 0 Å². The molecule has 0 saturated heterocycles. The molecule has 10 heteroatoms. The first-order valence-electron chi connectivity index (χ1n) is 14.2. The summed E-state index contributed by atoms with van der Waals surface area (Å²) >= 11 is 11.7. The number of fused-ring (bicyclic) bond motifs is 1.